The van der Waals surface area contributed by atoms with E-state index in [1.165, 1.54) is 43.2 Å². The van der Waals surface area contributed by atoms with Crippen molar-refractivity contribution in [3.63, 3.8) is 0 Å². The van der Waals surface area contributed by atoms with Gasteiger partial charge in [-0.05, 0) is 79.8 Å². The van der Waals surface area contributed by atoms with Crippen molar-refractivity contribution in [1.29, 1.82) is 0 Å². The van der Waals surface area contributed by atoms with Gasteiger partial charge in [0.25, 0.3) is 0 Å². The summed E-state index contributed by atoms with van der Waals surface area (Å²) in [5, 5.41) is 3.28. The van der Waals surface area contributed by atoms with Crippen molar-refractivity contribution in [1.82, 2.24) is 9.97 Å². The summed E-state index contributed by atoms with van der Waals surface area (Å²) in [6.07, 6.45) is 6.80. The van der Waals surface area contributed by atoms with Gasteiger partial charge >= 0.3 is 0 Å². The van der Waals surface area contributed by atoms with Crippen molar-refractivity contribution >= 4 is 23.1 Å². The topological polar surface area (TPSA) is 58.1 Å². The predicted octanol–water partition coefficient (Wildman–Crippen LogP) is 5.62. The molecule has 0 amide bonds. The normalized spacial score (nSPS) is 13.6. The van der Waals surface area contributed by atoms with E-state index < -0.39 is 5.82 Å². The summed E-state index contributed by atoms with van der Waals surface area (Å²) in [5.41, 5.74) is 4.74. The summed E-state index contributed by atoms with van der Waals surface area (Å²) in [7, 11) is 0. The molecule has 1 N–H and O–H groups in total. The first-order chi connectivity index (χ1) is 15.5. The smallest absolute Gasteiger partial charge is 0.227 e. The van der Waals surface area contributed by atoms with Gasteiger partial charge in [-0.1, -0.05) is 12.6 Å². The monoisotopic (exact) mass is 430 g/mol. The lowest BCUT2D eigenvalue weighted by molar-refractivity contribution is -0.114. The summed E-state index contributed by atoms with van der Waals surface area (Å²) in [6.45, 7) is 7.52. The highest BCUT2D eigenvalue weighted by Gasteiger charge is 2.13. The molecule has 0 unspecified atom stereocenters. The second-order valence-corrected chi connectivity index (χ2v) is 8.14. The number of halogens is 1. The highest BCUT2D eigenvalue weighted by Crippen LogP contribution is 2.27. The van der Waals surface area contributed by atoms with E-state index >= 15 is 0 Å². The van der Waals surface area contributed by atoms with Crippen molar-refractivity contribution in [3.05, 3.63) is 78.3 Å². The molecule has 1 fully saturated rings. The predicted molar refractivity (Wildman–Crippen MR) is 127 cm³/mol. The number of rotatable bonds is 7. The average molecular weight is 431 g/mol. The molecule has 1 aromatic heterocycles. The third-order valence-electron chi connectivity index (χ3n) is 5.63. The van der Waals surface area contributed by atoms with Crippen LogP contribution < -0.4 is 10.2 Å². The van der Waals surface area contributed by atoms with Crippen LogP contribution in [0.3, 0.4) is 0 Å². The summed E-state index contributed by atoms with van der Waals surface area (Å²) in [4.78, 5) is 23.2. The van der Waals surface area contributed by atoms with Gasteiger partial charge in [0.05, 0.1) is 5.69 Å². The van der Waals surface area contributed by atoms with E-state index in [9.17, 15) is 9.18 Å². The Morgan fingerprint density at radius 1 is 1.19 bits per heavy atom. The number of nitrogens with one attached hydrogen (secondary N) is 1. The number of nitrogens with zero attached hydrogens (tertiary/aromatic N) is 3. The minimum atomic E-state index is -0.406. The van der Waals surface area contributed by atoms with Crippen LogP contribution in [0.5, 0.6) is 0 Å². The maximum absolute atomic E-state index is 14.3. The molecule has 4 rings (SSSR count). The first kappa shape index (κ1) is 21.7. The molecule has 3 aromatic rings. The lowest BCUT2D eigenvalue weighted by atomic mass is 10.0. The second-order valence-electron chi connectivity index (χ2n) is 8.14. The van der Waals surface area contributed by atoms with Gasteiger partial charge in [0.15, 0.2) is 5.78 Å². The fourth-order valence-electron chi connectivity index (χ4n) is 4.02. The molecule has 0 atom stereocenters. The third-order valence-corrected chi connectivity index (χ3v) is 5.63. The quantitative estimate of drug-likeness (QED) is 0.493. The average Bonchev–Trinajstić information content (AvgIpc) is 2.80. The molecule has 1 saturated heterocycles. The van der Waals surface area contributed by atoms with Gasteiger partial charge in [0.1, 0.15) is 5.82 Å². The zero-order valence-electron chi connectivity index (χ0n) is 18.3. The van der Waals surface area contributed by atoms with E-state index in [1.807, 2.05) is 19.1 Å². The van der Waals surface area contributed by atoms with Crippen LogP contribution in [-0.2, 0) is 11.2 Å². The molecule has 0 bridgehead atoms. The first-order valence-electron chi connectivity index (χ1n) is 10.9. The summed E-state index contributed by atoms with van der Waals surface area (Å²) in [5.74, 6) is -0.123. The van der Waals surface area contributed by atoms with Crippen molar-refractivity contribution in [3.8, 4) is 11.3 Å². The number of hydrogen-bond acceptors (Lipinski definition) is 5. The number of carbonyl (C=O) groups is 1. The van der Waals surface area contributed by atoms with Crippen molar-refractivity contribution in [2.75, 3.05) is 23.3 Å². The molecule has 0 radical (unpaired) electrons. The molecule has 2 aromatic carbocycles. The van der Waals surface area contributed by atoms with E-state index in [-0.39, 0.29) is 12.2 Å². The second kappa shape index (κ2) is 9.73. The van der Waals surface area contributed by atoms with Gasteiger partial charge in [0.2, 0.25) is 5.95 Å². The minimum Gasteiger partial charge on any atom is -0.371 e. The highest BCUT2D eigenvalue weighted by atomic mass is 19.1. The molecule has 1 aliphatic rings. The molecular formula is C26H27FN4O. The number of hydrogen-bond donors (Lipinski definition) is 1. The van der Waals surface area contributed by atoms with Crippen LogP contribution in [-0.4, -0.2) is 28.8 Å². The number of allylic oxidation sites excluding steroid dienone is 1. The first-order valence-corrected chi connectivity index (χ1v) is 10.9. The van der Waals surface area contributed by atoms with Crippen molar-refractivity contribution < 1.29 is 9.18 Å². The Hall–Kier alpha value is -3.54. The molecule has 6 heteroatoms. The number of aryl methyl sites for hydroxylation is 1. The Labute approximate surface area is 188 Å². The van der Waals surface area contributed by atoms with Crippen LogP contribution in [0.2, 0.25) is 0 Å². The largest absolute Gasteiger partial charge is 0.371 e. The fraction of sp³-hybridized carbons (Fsp3) is 0.269. The summed E-state index contributed by atoms with van der Waals surface area (Å²) >= 11 is 0. The Balaban J connectivity index is 1.60. The van der Waals surface area contributed by atoms with Crippen LogP contribution in [0, 0.1) is 12.7 Å². The van der Waals surface area contributed by atoms with Crippen LogP contribution in [0.25, 0.3) is 11.3 Å². The van der Waals surface area contributed by atoms with E-state index in [4.69, 9.17) is 0 Å². The number of benzene rings is 2. The number of aromatic nitrogens is 2. The van der Waals surface area contributed by atoms with Crippen molar-refractivity contribution in [2.24, 2.45) is 0 Å². The molecule has 0 saturated carbocycles. The van der Waals surface area contributed by atoms with E-state index in [2.05, 4.69) is 38.9 Å². The van der Waals surface area contributed by atoms with Gasteiger partial charge in [-0.15, -0.1) is 0 Å². The Morgan fingerprint density at radius 2 is 2.00 bits per heavy atom. The van der Waals surface area contributed by atoms with Crippen LogP contribution in [0.4, 0.5) is 21.7 Å². The Kier molecular flexibility index (Phi) is 6.59. The Morgan fingerprint density at radius 3 is 2.78 bits per heavy atom. The molecule has 5 nitrogen and oxygen atoms in total. The summed E-state index contributed by atoms with van der Waals surface area (Å²) < 4.78 is 14.3. The number of anilines is 3. The van der Waals surface area contributed by atoms with Crippen molar-refractivity contribution in [2.45, 2.75) is 32.6 Å². The standard InChI is InChI=1S/C26H27FN4O/c1-3-24(32)14-19-12-20(15-21(27)13-19)25-18(2)17-28-26(30-25)29-22-8-7-9-23(16-22)31-10-5-4-6-11-31/h3,7-9,12-13,15-17H,1,4-6,10-11,14H2,2H3,(H,28,29,30). The van der Waals surface area contributed by atoms with E-state index in [1.54, 1.807) is 12.3 Å². The maximum Gasteiger partial charge on any atom is 0.227 e. The van der Waals surface area contributed by atoms with E-state index in [0.717, 1.165) is 24.3 Å². The molecular weight excluding hydrogens is 403 g/mol. The molecule has 0 aliphatic carbocycles. The van der Waals surface area contributed by atoms with Crippen LogP contribution in [0.15, 0.2) is 61.3 Å². The third kappa shape index (κ3) is 5.19. The SMILES string of the molecule is C=CC(=O)Cc1cc(F)cc(-c2nc(Nc3cccc(N4CCCCC4)c3)ncc2C)c1. The highest BCUT2D eigenvalue weighted by molar-refractivity contribution is 5.91. The molecule has 2 heterocycles. The van der Waals surface area contributed by atoms with Gasteiger partial charge < -0.3 is 10.2 Å². The molecule has 164 valence electrons. The minimum absolute atomic E-state index is 0.104. The zero-order valence-corrected chi connectivity index (χ0v) is 18.3. The molecule has 1 aliphatic heterocycles. The number of piperidine rings is 1. The Bertz CT molecular complexity index is 1140. The summed E-state index contributed by atoms with van der Waals surface area (Å²) in [6, 6.07) is 12.8. The van der Waals surface area contributed by atoms with Gasteiger partial charge in [-0.2, -0.15) is 0 Å². The lowest BCUT2D eigenvalue weighted by Crippen LogP contribution is -2.29. The fourth-order valence-corrected chi connectivity index (χ4v) is 4.02. The maximum atomic E-state index is 14.3. The van der Waals surface area contributed by atoms with Gasteiger partial charge in [-0.25, -0.2) is 14.4 Å². The molecule has 32 heavy (non-hydrogen) atoms. The van der Waals surface area contributed by atoms with Crippen LogP contribution in [0.1, 0.15) is 30.4 Å². The van der Waals surface area contributed by atoms with Gasteiger partial charge in [0, 0.05) is 42.6 Å². The number of carbonyl (C=O) groups excluding carboxylic acids is 1. The lowest BCUT2D eigenvalue weighted by Gasteiger charge is -2.29. The molecule has 0 spiro atoms. The zero-order chi connectivity index (χ0) is 22.5. The number of ketones is 1. The van der Waals surface area contributed by atoms with Gasteiger partial charge in [-0.3, -0.25) is 4.79 Å². The van der Waals surface area contributed by atoms with E-state index in [0.29, 0.717) is 22.8 Å². The van der Waals surface area contributed by atoms with Crippen LogP contribution >= 0.6 is 0 Å².